The molecule has 0 aliphatic heterocycles. The maximum atomic E-state index is 15.2. The fourth-order valence-corrected chi connectivity index (χ4v) is 6.67. The Bertz CT molecular complexity index is 891. The lowest BCUT2D eigenvalue weighted by Gasteiger charge is -2.43. The average Bonchev–Trinajstić information content (AvgIpc) is 3.59. The van der Waals surface area contributed by atoms with E-state index in [2.05, 4.69) is 13.8 Å². The van der Waals surface area contributed by atoms with Crippen molar-refractivity contribution in [3.8, 4) is 5.75 Å². The third kappa shape index (κ3) is 5.44. The van der Waals surface area contributed by atoms with Gasteiger partial charge in [0.05, 0.1) is 12.2 Å². The van der Waals surface area contributed by atoms with Crippen LogP contribution in [0.15, 0.2) is 12.1 Å². The van der Waals surface area contributed by atoms with Crippen molar-refractivity contribution in [1.29, 1.82) is 0 Å². The van der Waals surface area contributed by atoms with E-state index >= 15 is 4.39 Å². The molecule has 1 aromatic carbocycles. The summed E-state index contributed by atoms with van der Waals surface area (Å²) in [4.78, 5) is 26.1. The first kappa shape index (κ1) is 24.2. The van der Waals surface area contributed by atoms with E-state index in [0.29, 0.717) is 43.1 Å². The monoisotopic (exact) mass is 457 g/mol. The van der Waals surface area contributed by atoms with Crippen LogP contribution in [0.5, 0.6) is 5.75 Å². The number of halogens is 1. The summed E-state index contributed by atoms with van der Waals surface area (Å²) in [6.07, 6.45) is 10.2. The number of carbonyl (C=O) groups excluding carboxylic acids is 2. The summed E-state index contributed by atoms with van der Waals surface area (Å²) in [7, 11) is 0. The van der Waals surface area contributed by atoms with Crippen LogP contribution in [0.2, 0.25) is 0 Å². The highest BCUT2D eigenvalue weighted by molar-refractivity contribution is 6.04. The standard InChI is InChI=1S/C28H40FNO3/c1-5-10-30(20(4)31)27(32)24-12-23(22-8-9-22)26(13-25(24)29)33-17-28-14-18(2)6-7-21(16-28)11-19(3)15-28/h12-13,18-19,21-22H,5-11,14-17H2,1-4H3/t18?,19-,21?,28-/m1/s1. The summed E-state index contributed by atoms with van der Waals surface area (Å²) >= 11 is 0. The van der Waals surface area contributed by atoms with Crippen molar-refractivity contribution < 1.29 is 18.7 Å². The van der Waals surface area contributed by atoms with Crippen LogP contribution in [0.3, 0.4) is 0 Å². The maximum Gasteiger partial charge on any atom is 0.263 e. The van der Waals surface area contributed by atoms with Crippen LogP contribution < -0.4 is 4.74 Å². The van der Waals surface area contributed by atoms with Gasteiger partial charge in [0.2, 0.25) is 5.91 Å². The molecule has 3 saturated carbocycles. The summed E-state index contributed by atoms with van der Waals surface area (Å²) in [5.74, 6) is 1.59. The van der Waals surface area contributed by atoms with Gasteiger partial charge in [0.25, 0.3) is 5.91 Å². The van der Waals surface area contributed by atoms with Crippen LogP contribution in [0.25, 0.3) is 0 Å². The molecule has 4 atom stereocenters. The molecule has 1 aromatic rings. The molecule has 2 bridgehead atoms. The van der Waals surface area contributed by atoms with Gasteiger partial charge in [-0.25, -0.2) is 4.39 Å². The minimum atomic E-state index is -0.594. The molecular formula is C28H40FNO3. The fourth-order valence-electron chi connectivity index (χ4n) is 6.67. The maximum absolute atomic E-state index is 15.2. The largest absolute Gasteiger partial charge is 0.493 e. The SMILES string of the molecule is CCCN(C(C)=O)C(=O)c1cc(C2CC2)c(OC[C@]23CC(C)CCC(C[C@@H](C)C2)C3)cc1F. The highest BCUT2D eigenvalue weighted by Gasteiger charge is 2.43. The van der Waals surface area contributed by atoms with Gasteiger partial charge >= 0.3 is 0 Å². The number of hydrogen-bond acceptors (Lipinski definition) is 3. The van der Waals surface area contributed by atoms with Crippen LogP contribution >= 0.6 is 0 Å². The van der Waals surface area contributed by atoms with Gasteiger partial charge in [-0.05, 0) is 80.2 Å². The Morgan fingerprint density at radius 2 is 1.82 bits per heavy atom. The predicted octanol–water partition coefficient (Wildman–Crippen LogP) is 6.72. The molecule has 0 spiro atoms. The minimum Gasteiger partial charge on any atom is -0.493 e. The van der Waals surface area contributed by atoms with Gasteiger partial charge in [-0.1, -0.05) is 33.6 Å². The van der Waals surface area contributed by atoms with Crippen LogP contribution in [0.4, 0.5) is 4.39 Å². The summed E-state index contributed by atoms with van der Waals surface area (Å²) in [6.45, 7) is 8.90. The molecule has 4 nitrogen and oxygen atoms in total. The van der Waals surface area contributed by atoms with Gasteiger partial charge in [0.15, 0.2) is 0 Å². The van der Waals surface area contributed by atoms with Crippen molar-refractivity contribution >= 4 is 11.8 Å². The van der Waals surface area contributed by atoms with Crippen LogP contribution in [-0.2, 0) is 4.79 Å². The Morgan fingerprint density at radius 1 is 1.09 bits per heavy atom. The average molecular weight is 458 g/mol. The van der Waals surface area contributed by atoms with Crippen molar-refractivity contribution in [2.45, 2.75) is 91.4 Å². The normalized spacial score (nSPS) is 29.3. The molecule has 182 valence electrons. The molecular weight excluding hydrogens is 417 g/mol. The summed E-state index contributed by atoms with van der Waals surface area (Å²) in [5, 5.41) is 0. The van der Waals surface area contributed by atoms with E-state index < -0.39 is 11.7 Å². The van der Waals surface area contributed by atoms with E-state index in [4.69, 9.17) is 4.74 Å². The van der Waals surface area contributed by atoms with E-state index in [1.807, 2.05) is 6.92 Å². The third-order valence-electron chi connectivity index (χ3n) is 8.04. The molecule has 0 aromatic heterocycles. The molecule has 0 N–H and O–H groups in total. The van der Waals surface area contributed by atoms with E-state index in [9.17, 15) is 9.59 Å². The van der Waals surface area contributed by atoms with Crippen LogP contribution in [0, 0.1) is 29.0 Å². The number of amides is 2. The lowest BCUT2D eigenvalue weighted by Crippen LogP contribution is -2.37. The molecule has 3 aliphatic carbocycles. The predicted molar refractivity (Wildman–Crippen MR) is 128 cm³/mol. The van der Waals surface area contributed by atoms with Crippen molar-refractivity contribution in [1.82, 2.24) is 4.90 Å². The van der Waals surface area contributed by atoms with Crippen molar-refractivity contribution in [3.63, 3.8) is 0 Å². The molecule has 0 saturated heterocycles. The van der Waals surface area contributed by atoms with E-state index in [1.165, 1.54) is 51.5 Å². The zero-order valence-electron chi connectivity index (χ0n) is 20.8. The Balaban J connectivity index is 1.59. The number of carbonyl (C=O) groups is 2. The highest BCUT2D eigenvalue weighted by Crippen LogP contribution is 2.52. The van der Waals surface area contributed by atoms with Crippen molar-refractivity contribution in [3.05, 3.63) is 29.1 Å². The zero-order valence-corrected chi connectivity index (χ0v) is 20.8. The molecule has 3 aliphatic rings. The molecule has 2 unspecified atom stereocenters. The number of benzene rings is 1. The van der Waals surface area contributed by atoms with Crippen molar-refractivity contribution in [2.24, 2.45) is 23.2 Å². The van der Waals surface area contributed by atoms with Gasteiger partial charge in [-0.2, -0.15) is 0 Å². The number of ether oxygens (including phenoxy) is 1. The second-order valence-electron chi connectivity index (χ2n) is 11.4. The highest BCUT2D eigenvalue weighted by atomic mass is 19.1. The third-order valence-corrected chi connectivity index (χ3v) is 8.04. The number of nitrogens with zero attached hydrogens (tertiary/aromatic N) is 1. The van der Waals surface area contributed by atoms with Gasteiger partial charge in [-0.3, -0.25) is 14.5 Å². The smallest absolute Gasteiger partial charge is 0.263 e. The number of imide groups is 1. The van der Waals surface area contributed by atoms with E-state index in [-0.39, 0.29) is 16.9 Å². The minimum absolute atomic E-state index is 0.0134. The topological polar surface area (TPSA) is 46.6 Å². The first-order chi connectivity index (χ1) is 15.7. The number of hydrogen-bond donors (Lipinski definition) is 0. The van der Waals surface area contributed by atoms with Gasteiger partial charge in [0.1, 0.15) is 11.6 Å². The second kappa shape index (κ2) is 9.76. The Kier molecular flexibility index (Phi) is 7.16. The van der Waals surface area contributed by atoms with E-state index in [1.54, 1.807) is 6.07 Å². The van der Waals surface area contributed by atoms with E-state index in [0.717, 1.165) is 29.2 Å². The zero-order chi connectivity index (χ0) is 23.8. The quantitative estimate of drug-likeness (QED) is 0.456. The lowest BCUT2D eigenvalue weighted by atomic mass is 9.65. The molecule has 3 fully saturated rings. The summed E-state index contributed by atoms with van der Waals surface area (Å²) < 4.78 is 21.6. The number of fused-ring (bicyclic) bond motifs is 2. The number of rotatable bonds is 7. The van der Waals surface area contributed by atoms with Crippen LogP contribution in [-0.4, -0.2) is 29.9 Å². The first-order valence-corrected chi connectivity index (χ1v) is 13.0. The molecule has 4 rings (SSSR count). The Morgan fingerprint density at radius 3 is 2.48 bits per heavy atom. The summed E-state index contributed by atoms with van der Waals surface area (Å²) in [5.41, 5.74) is 1.08. The van der Waals surface area contributed by atoms with Gasteiger partial charge < -0.3 is 4.74 Å². The van der Waals surface area contributed by atoms with Gasteiger partial charge in [0, 0.05) is 24.9 Å². The molecule has 5 heteroatoms. The molecule has 33 heavy (non-hydrogen) atoms. The molecule has 0 radical (unpaired) electrons. The molecule has 0 heterocycles. The fraction of sp³-hybridized carbons (Fsp3) is 0.714. The summed E-state index contributed by atoms with van der Waals surface area (Å²) in [6, 6.07) is 3.07. The second-order valence-corrected chi connectivity index (χ2v) is 11.4. The Labute approximate surface area is 198 Å². The first-order valence-electron chi connectivity index (χ1n) is 13.0. The Hall–Kier alpha value is -1.91. The van der Waals surface area contributed by atoms with Crippen LogP contribution in [0.1, 0.15) is 107 Å². The molecule has 2 amide bonds. The van der Waals surface area contributed by atoms with Gasteiger partial charge in [-0.15, -0.1) is 0 Å². The van der Waals surface area contributed by atoms with Crippen molar-refractivity contribution in [2.75, 3.05) is 13.2 Å². The lowest BCUT2D eigenvalue weighted by molar-refractivity contribution is -0.126.